The number of nitrogens with zero attached hydrogens (tertiary/aromatic N) is 3. The molecule has 1 fully saturated rings. The highest BCUT2D eigenvalue weighted by atomic mass is 79.9. The van der Waals surface area contributed by atoms with E-state index in [1.807, 2.05) is 0 Å². The van der Waals surface area contributed by atoms with Crippen molar-refractivity contribution in [3.05, 3.63) is 22.2 Å². The second-order valence-electron chi connectivity index (χ2n) is 5.40. The number of fused-ring (bicyclic) bond motifs is 1. The highest BCUT2D eigenvalue weighted by Gasteiger charge is 2.41. The van der Waals surface area contributed by atoms with Crippen LogP contribution in [0.2, 0.25) is 0 Å². The zero-order valence-electron chi connectivity index (χ0n) is 10.4. The Labute approximate surface area is 120 Å². The zero-order chi connectivity index (χ0) is 14.7. The summed E-state index contributed by atoms with van der Waals surface area (Å²) in [6.07, 6.45) is -3.60. The van der Waals surface area contributed by atoms with Crippen LogP contribution in [0.1, 0.15) is 31.4 Å². The van der Waals surface area contributed by atoms with E-state index < -0.39 is 17.3 Å². The molecule has 0 atom stereocenters. The normalized spacial score (nSPS) is 26.8. The van der Waals surface area contributed by atoms with E-state index in [4.69, 9.17) is 0 Å². The van der Waals surface area contributed by atoms with E-state index in [0.29, 0.717) is 17.3 Å². The minimum Gasteiger partial charge on any atom is -0.390 e. The van der Waals surface area contributed by atoms with Crippen LogP contribution in [-0.4, -0.2) is 25.7 Å². The smallest absolute Gasteiger partial charge is 0.390 e. The first kappa shape index (κ1) is 13.8. The van der Waals surface area contributed by atoms with Gasteiger partial charge in [-0.2, -0.15) is 28.2 Å². The summed E-state index contributed by atoms with van der Waals surface area (Å²) in [5.74, 6) is 0. The average Bonchev–Trinajstić information content (AvgIpc) is 2.66. The highest BCUT2D eigenvalue weighted by Crippen LogP contribution is 2.41. The van der Waals surface area contributed by atoms with Crippen LogP contribution in [-0.2, 0) is 6.18 Å². The quantitative estimate of drug-likeness (QED) is 0.859. The molecule has 8 heteroatoms. The molecule has 0 aliphatic heterocycles. The Balaban J connectivity index is 2.07. The van der Waals surface area contributed by atoms with E-state index in [1.54, 1.807) is 6.92 Å². The van der Waals surface area contributed by atoms with Crippen LogP contribution in [0.5, 0.6) is 0 Å². The monoisotopic (exact) mass is 349 g/mol. The molecule has 1 N–H and O–H groups in total. The molecule has 4 nitrogen and oxygen atoms in total. The second-order valence-corrected chi connectivity index (χ2v) is 6.31. The number of rotatable bonds is 1. The van der Waals surface area contributed by atoms with Crippen molar-refractivity contribution >= 4 is 27.0 Å². The van der Waals surface area contributed by atoms with Crippen molar-refractivity contribution in [1.29, 1.82) is 0 Å². The van der Waals surface area contributed by atoms with Gasteiger partial charge in [0.05, 0.1) is 17.2 Å². The van der Waals surface area contributed by atoms with E-state index in [2.05, 4.69) is 26.1 Å². The molecule has 1 aliphatic carbocycles. The molecule has 1 saturated carbocycles. The summed E-state index contributed by atoms with van der Waals surface area (Å²) < 4.78 is 39.3. The van der Waals surface area contributed by atoms with Gasteiger partial charge in [-0.15, -0.1) is 0 Å². The van der Waals surface area contributed by atoms with E-state index in [0.717, 1.165) is 6.07 Å². The van der Waals surface area contributed by atoms with Gasteiger partial charge >= 0.3 is 6.18 Å². The van der Waals surface area contributed by atoms with Gasteiger partial charge in [0, 0.05) is 17.3 Å². The van der Waals surface area contributed by atoms with E-state index in [-0.39, 0.29) is 17.1 Å². The van der Waals surface area contributed by atoms with E-state index >= 15 is 0 Å². The average molecular weight is 350 g/mol. The minimum absolute atomic E-state index is 0.155. The Morgan fingerprint density at radius 2 is 2.00 bits per heavy atom. The maximum Gasteiger partial charge on any atom is 0.418 e. The maximum atomic E-state index is 13.0. The molecule has 1 aliphatic rings. The first-order valence-corrected chi connectivity index (χ1v) is 6.81. The van der Waals surface area contributed by atoms with Crippen molar-refractivity contribution in [2.75, 3.05) is 0 Å². The van der Waals surface area contributed by atoms with Crippen LogP contribution in [0.3, 0.4) is 0 Å². The van der Waals surface area contributed by atoms with Crippen molar-refractivity contribution in [3.8, 4) is 0 Å². The molecule has 1 aromatic heterocycles. The van der Waals surface area contributed by atoms with E-state index in [1.165, 1.54) is 10.9 Å². The molecule has 0 spiro atoms. The van der Waals surface area contributed by atoms with Gasteiger partial charge in [-0.05, 0) is 19.1 Å². The Kier molecular flexibility index (Phi) is 2.88. The third kappa shape index (κ3) is 2.31. The van der Waals surface area contributed by atoms with Crippen LogP contribution < -0.4 is 0 Å². The predicted molar refractivity (Wildman–Crippen MR) is 69.1 cm³/mol. The summed E-state index contributed by atoms with van der Waals surface area (Å²) in [5, 5.41) is 17.8. The molecule has 0 radical (unpaired) electrons. The molecule has 2 aromatic rings. The molecule has 20 heavy (non-hydrogen) atoms. The fraction of sp³-hybridized carbons (Fsp3) is 0.500. The van der Waals surface area contributed by atoms with Gasteiger partial charge in [-0.3, -0.25) is 0 Å². The van der Waals surface area contributed by atoms with Crippen molar-refractivity contribution in [2.45, 2.75) is 37.6 Å². The number of benzene rings is 1. The van der Waals surface area contributed by atoms with Crippen molar-refractivity contribution < 1.29 is 18.3 Å². The highest BCUT2D eigenvalue weighted by molar-refractivity contribution is 9.10. The molecule has 0 unspecified atom stereocenters. The lowest BCUT2D eigenvalue weighted by Gasteiger charge is -2.39. The summed E-state index contributed by atoms with van der Waals surface area (Å²) >= 11 is 3.05. The molecule has 1 heterocycles. The number of hydrogen-bond acceptors (Lipinski definition) is 3. The number of halogens is 4. The zero-order valence-corrected chi connectivity index (χ0v) is 12.0. The summed E-state index contributed by atoms with van der Waals surface area (Å²) in [5.41, 5.74) is -1.55. The van der Waals surface area contributed by atoms with Gasteiger partial charge in [0.1, 0.15) is 11.0 Å². The topological polar surface area (TPSA) is 50.9 Å². The molecule has 0 saturated heterocycles. The van der Waals surface area contributed by atoms with Crippen molar-refractivity contribution in [3.63, 3.8) is 0 Å². The fourth-order valence-electron chi connectivity index (χ4n) is 2.50. The van der Waals surface area contributed by atoms with E-state index in [9.17, 15) is 18.3 Å². The SMILES string of the molecule is CC1(O)CC(n2nc3cc(Br)cc(C(F)(F)F)c3n2)C1. The molecule has 108 valence electrons. The fourth-order valence-corrected chi connectivity index (χ4v) is 2.95. The lowest BCUT2D eigenvalue weighted by Crippen LogP contribution is -2.42. The van der Waals surface area contributed by atoms with Gasteiger partial charge < -0.3 is 5.11 Å². The first-order chi connectivity index (χ1) is 9.16. The number of hydrogen-bond donors (Lipinski definition) is 1. The van der Waals surface area contributed by atoms with Crippen molar-refractivity contribution in [1.82, 2.24) is 15.0 Å². The molecular weight excluding hydrogens is 339 g/mol. The molecule has 0 bridgehead atoms. The van der Waals surface area contributed by atoms with Crippen LogP contribution in [0.25, 0.3) is 11.0 Å². The van der Waals surface area contributed by atoms with Crippen LogP contribution in [0, 0.1) is 0 Å². The summed E-state index contributed by atoms with van der Waals surface area (Å²) in [6.45, 7) is 1.68. The van der Waals surface area contributed by atoms with Crippen LogP contribution >= 0.6 is 15.9 Å². The third-order valence-electron chi connectivity index (χ3n) is 3.45. The summed E-state index contributed by atoms with van der Waals surface area (Å²) in [6, 6.07) is 2.35. The van der Waals surface area contributed by atoms with Gasteiger partial charge in [0.15, 0.2) is 0 Å². The molecule has 3 rings (SSSR count). The predicted octanol–water partition coefficient (Wildman–Crippen LogP) is 3.30. The Morgan fingerprint density at radius 1 is 1.35 bits per heavy atom. The van der Waals surface area contributed by atoms with Gasteiger partial charge in [0.2, 0.25) is 0 Å². The van der Waals surface area contributed by atoms with Crippen LogP contribution in [0.4, 0.5) is 13.2 Å². The van der Waals surface area contributed by atoms with Crippen LogP contribution in [0.15, 0.2) is 16.6 Å². The number of alkyl halides is 3. The van der Waals surface area contributed by atoms with Crippen molar-refractivity contribution in [2.24, 2.45) is 0 Å². The Bertz CT molecular complexity index is 672. The largest absolute Gasteiger partial charge is 0.418 e. The molecular formula is C12H11BrF3N3O. The molecule has 0 amide bonds. The third-order valence-corrected chi connectivity index (χ3v) is 3.91. The second kappa shape index (κ2) is 4.17. The number of aromatic nitrogens is 3. The first-order valence-electron chi connectivity index (χ1n) is 6.01. The Hall–Kier alpha value is -1.15. The molecule has 1 aromatic carbocycles. The van der Waals surface area contributed by atoms with Gasteiger partial charge in [-0.25, -0.2) is 0 Å². The standard InChI is InChI=1S/C12H11BrF3N3O/c1-11(20)4-7(5-11)19-17-9-3-6(13)2-8(10(9)18-19)12(14,15)16/h2-3,7,20H,4-5H2,1H3. The number of aliphatic hydroxyl groups is 1. The minimum atomic E-state index is -4.48. The lowest BCUT2D eigenvalue weighted by molar-refractivity contribution is -0.136. The van der Waals surface area contributed by atoms with Gasteiger partial charge in [-0.1, -0.05) is 15.9 Å². The maximum absolute atomic E-state index is 13.0. The lowest BCUT2D eigenvalue weighted by atomic mass is 9.78. The van der Waals surface area contributed by atoms with Gasteiger partial charge in [0.25, 0.3) is 0 Å². The summed E-state index contributed by atoms with van der Waals surface area (Å²) in [4.78, 5) is 1.28. The Morgan fingerprint density at radius 3 is 2.55 bits per heavy atom. The summed E-state index contributed by atoms with van der Waals surface area (Å²) in [7, 11) is 0.